The molecule has 0 radical (unpaired) electrons. The van der Waals surface area contributed by atoms with Gasteiger partial charge in [-0.1, -0.05) is 6.07 Å². The van der Waals surface area contributed by atoms with E-state index in [9.17, 15) is 32.8 Å². The number of nitrogens with one attached hydrogen (secondary N) is 4. The SMILES string of the molecule is O=C1CCC(N2C(=O)c3ccc(N4CCC(CN5CCN(c6ccc(C(=O)Nc7n[nH]c8ccc(Cc9cc(F)cc(F)c9)cc78)c(NC7CCOCC7)c6)CC5)C4)cc3C2=O)C(=O)N1. The van der Waals surface area contributed by atoms with Gasteiger partial charge in [0.15, 0.2) is 5.82 Å². The second-order valence-corrected chi connectivity index (χ2v) is 17.7. The number of fused-ring (bicyclic) bond motifs is 2. The normalized spacial score (nSPS) is 20.7. The summed E-state index contributed by atoms with van der Waals surface area (Å²) in [5, 5.41) is 17.0. The van der Waals surface area contributed by atoms with Crippen molar-refractivity contribution in [3.8, 4) is 0 Å². The van der Waals surface area contributed by atoms with Crippen LogP contribution in [0.4, 0.5) is 31.7 Å². The highest BCUT2D eigenvalue weighted by molar-refractivity contribution is 6.23. The van der Waals surface area contributed by atoms with Crippen LogP contribution in [0.2, 0.25) is 0 Å². The maximum absolute atomic E-state index is 14.1. The Morgan fingerprint density at radius 1 is 0.769 bits per heavy atom. The molecule has 65 heavy (non-hydrogen) atoms. The summed E-state index contributed by atoms with van der Waals surface area (Å²) in [6.45, 7) is 7.21. The Labute approximate surface area is 373 Å². The Morgan fingerprint density at radius 2 is 1.52 bits per heavy atom. The molecule has 5 amide bonds. The van der Waals surface area contributed by atoms with Gasteiger partial charge in [-0.05, 0) is 110 Å². The molecule has 5 aliphatic rings. The fourth-order valence-electron chi connectivity index (χ4n) is 9.92. The fraction of sp³-hybridized carbons (Fsp3) is 0.375. The number of nitrogens with zero attached hydrogens (tertiary/aromatic N) is 5. The number of aromatic amines is 1. The number of hydrogen-bond donors (Lipinski definition) is 4. The summed E-state index contributed by atoms with van der Waals surface area (Å²) in [5.41, 5.74) is 5.70. The van der Waals surface area contributed by atoms with Gasteiger partial charge in [0.25, 0.3) is 17.7 Å². The number of anilines is 4. The van der Waals surface area contributed by atoms with E-state index >= 15 is 0 Å². The van der Waals surface area contributed by atoms with E-state index in [1.54, 1.807) is 12.1 Å². The number of halogens is 2. The van der Waals surface area contributed by atoms with Gasteiger partial charge in [-0.2, -0.15) is 5.10 Å². The molecule has 1 aromatic heterocycles. The van der Waals surface area contributed by atoms with Crippen molar-refractivity contribution in [1.29, 1.82) is 0 Å². The first-order chi connectivity index (χ1) is 31.5. The van der Waals surface area contributed by atoms with Gasteiger partial charge in [0, 0.05) is 100 Å². The number of piperazine rings is 1. The Balaban J connectivity index is 0.774. The first-order valence-corrected chi connectivity index (χ1v) is 22.3. The fourth-order valence-corrected chi connectivity index (χ4v) is 9.92. The van der Waals surface area contributed by atoms with Crippen LogP contribution >= 0.6 is 0 Å². The van der Waals surface area contributed by atoms with E-state index in [0.717, 1.165) is 98.7 Å². The number of carbonyl (C=O) groups is 5. The number of H-pyrrole nitrogens is 1. The second-order valence-electron chi connectivity index (χ2n) is 17.7. The summed E-state index contributed by atoms with van der Waals surface area (Å²) >= 11 is 0. The molecule has 4 N–H and O–H groups in total. The minimum absolute atomic E-state index is 0.0756. The highest BCUT2D eigenvalue weighted by atomic mass is 19.1. The molecule has 0 aliphatic carbocycles. The Bertz CT molecular complexity index is 2690. The van der Waals surface area contributed by atoms with E-state index in [1.165, 1.54) is 12.1 Å². The van der Waals surface area contributed by atoms with Crippen LogP contribution in [0, 0.1) is 17.6 Å². The van der Waals surface area contributed by atoms with E-state index in [1.807, 2.05) is 36.4 Å². The van der Waals surface area contributed by atoms with Gasteiger partial charge in [-0.15, -0.1) is 0 Å². The van der Waals surface area contributed by atoms with Gasteiger partial charge in [0.2, 0.25) is 11.8 Å². The van der Waals surface area contributed by atoms with Gasteiger partial charge in [-0.3, -0.25) is 44.2 Å². The summed E-state index contributed by atoms with van der Waals surface area (Å²) < 4.78 is 33.4. The second kappa shape index (κ2) is 17.7. The van der Waals surface area contributed by atoms with Crippen LogP contribution in [0.1, 0.15) is 74.3 Å². The third-order valence-electron chi connectivity index (χ3n) is 13.3. The first kappa shape index (κ1) is 42.2. The van der Waals surface area contributed by atoms with Crippen molar-refractivity contribution in [3.05, 3.63) is 112 Å². The standard InChI is InChI=1S/C48H49F2N9O6/c49-31-20-30(21-32(50)23-31)19-28-1-6-40-39(22-28)44(55-54-40)53-45(61)37-5-3-35(25-41(37)51-33-10-17-65-18-11-33)57-15-13-56(14-16-57)26-29-9-12-58(27-29)34-2-4-36-38(24-34)48(64)59(47(36)63)42-7-8-43(60)52-46(42)62/h1-6,20-25,29,33,42,51H,7-19,26-27H2,(H,52,60,62)(H2,53,54,55,61). The Kier molecular flexibility index (Phi) is 11.5. The van der Waals surface area contributed by atoms with Crippen molar-refractivity contribution < 1.29 is 37.5 Å². The molecule has 6 heterocycles. The molecule has 17 heteroatoms. The van der Waals surface area contributed by atoms with Gasteiger partial charge in [-0.25, -0.2) is 8.78 Å². The maximum atomic E-state index is 14.1. The van der Waals surface area contributed by atoms with Crippen LogP contribution in [0.5, 0.6) is 0 Å². The van der Waals surface area contributed by atoms with Crippen molar-refractivity contribution in [2.75, 3.05) is 79.5 Å². The van der Waals surface area contributed by atoms with Crippen molar-refractivity contribution in [2.24, 2.45) is 5.92 Å². The number of imide groups is 2. The highest BCUT2D eigenvalue weighted by Gasteiger charge is 2.45. The van der Waals surface area contributed by atoms with Gasteiger partial charge < -0.3 is 25.2 Å². The molecule has 0 spiro atoms. The number of amides is 5. The average molecular weight is 886 g/mol. The number of ether oxygens (including phenoxy) is 1. The van der Waals surface area contributed by atoms with Crippen LogP contribution in [-0.2, 0) is 20.7 Å². The monoisotopic (exact) mass is 885 g/mol. The lowest BCUT2D eigenvalue weighted by Gasteiger charge is -2.37. The molecule has 4 fully saturated rings. The summed E-state index contributed by atoms with van der Waals surface area (Å²) in [6.07, 6.45) is 3.12. The zero-order chi connectivity index (χ0) is 44.8. The third kappa shape index (κ3) is 8.77. The van der Waals surface area contributed by atoms with Crippen molar-refractivity contribution >= 4 is 63.3 Å². The summed E-state index contributed by atoms with van der Waals surface area (Å²) in [4.78, 5) is 73.0. The number of piperidine rings is 1. The Morgan fingerprint density at radius 3 is 2.31 bits per heavy atom. The number of carbonyl (C=O) groups excluding carboxylic acids is 5. The number of rotatable bonds is 11. The molecule has 336 valence electrons. The lowest BCUT2D eigenvalue weighted by atomic mass is 10.0. The molecular formula is C48H49F2N9O6. The Hall–Kier alpha value is -6.72. The third-order valence-corrected chi connectivity index (χ3v) is 13.3. The molecule has 10 rings (SSSR count). The summed E-state index contributed by atoms with van der Waals surface area (Å²) in [6, 6.07) is 19.4. The zero-order valence-electron chi connectivity index (χ0n) is 35.7. The molecule has 4 saturated heterocycles. The van der Waals surface area contributed by atoms with Gasteiger partial charge >= 0.3 is 0 Å². The first-order valence-electron chi connectivity index (χ1n) is 22.3. The van der Waals surface area contributed by atoms with E-state index < -0.39 is 41.3 Å². The van der Waals surface area contributed by atoms with Crippen molar-refractivity contribution in [3.63, 3.8) is 0 Å². The topological polar surface area (TPSA) is 172 Å². The van der Waals surface area contributed by atoms with Crippen molar-refractivity contribution in [2.45, 2.75) is 50.6 Å². The lowest BCUT2D eigenvalue weighted by Crippen LogP contribution is -2.54. The van der Waals surface area contributed by atoms with Crippen LogP contribution in [0.15, 0.2) is 72.8 Å². The average Bonchev–Trinajstić information content (AvgIpc) is 3.99. The number of aromatic nitrogens is 2. The molecule has 5 aromatic rings. The number of benzene rings is 4. The van der Waals surface area contributed by atoms with E-state index in [2.05, 4.69) is 46.9 Å². The smallest absolute Gasteiger partial charge is 0.262 e. The maximum Gasteiger partial charge on any atom is 0.262 e. The molecule has 4 aromatic carbocycles. The lowest BCUT2D eigenvalue weighted by molar-refractivity contribution is -0.136. The minimum atomic E-state index is -0.995. The zero-order valence-corrected chi connectivity index (χ0v) is 35.7. The van der Waals surface area contributed by atoms with Crippen LogP contribution < -0.4 is 25.8 Å². The van der Waals surface area contributed by atoms with Crippen LogP contribution in [-0.4, -0.2) is 121 Å². The van der Waals surface area contributed by atoms with Gasteiger partial charge in [0.1, 0.15) is 17.7 Å². The molecule has 0 saturated carbocycles. The molecule has 2 unspecified atom stereocenters. The van der Waals surface area contributed by atoms with Crippen LogP contribution in [0.3, 0.4) is 0 Å². The summed E-state index contributed by atoms with van der Waals surface area (Å²) in [7, 11) is 0. The molecule has 5 aliphatic heterocycles. The molecule has 15 nitrogen and oxygen atoms in total. The van der Waals surface area contributed by atoms with Crippen molar-refractivity contribution in [1.82, 2.24) is 25.3 Å². The van der Waals surface area contributed by atoms with Crippen LogP contribution in [0.25, 0.3) is 10.9 Å². The highest BCUT2D eigenvalue weighted by Crippen LogP contribution is 2.34. The largest absolute Gasteiger partial charge is 0.381 e. The minimum Gasteiger partial charge on any atom is -0.381 e. The quantitative estimate of drug-likeness (QED) is 0.127. The van der Waals surface area contributed by atoms with E-state index in [4.69, 9.17) is 4.74 Å². The predicted octanol–water partition coefficient (Wildman–Crippen LogP) is 5.32. The predicted molar refractivity (Wildman–Crippen MR) is 239 cm³/mol. The van der Waals surface area contributed by atoms with E-state index in [0.29, 0.717) is 53.4 Å². The van der Waals surface area contributed by atoms with E-state index in [-0.39, 0.29) is 35.9 Å². The molecular weight excluding hydrogens is 837 g/mol. The summed E-state index contributed by atoms with van der Waals surface area (Å²) in [5.74, 6) is -2.85. The van der Waals surface area contributed by atoms with Gasteiger partial charge in [0.05, 0.1) is 22.2 Å². The molecule has 0 bridgehead atoms. The number of hydrogen-bond acceptors (Lipinski definition) is 11. The molecule has 2 atom stereocenters.